The topological polar surface area (TPSA) is 86.6 Å². The molecule has 0 amide bonds. The molecule has 0 radical (unpaired) electrons. The minimum absolute atomic E-state index is 0.129. The van der Waals surface area contributed by atoms with E-state index in [0.29, 0.717) is 0 Å². The lowest BCUT2D eigenvalue weighted by molar-refractivity contribution is -0.138. The molecule has 0 saturated carbocycles. The number of aliphatic carboxylic acids is 1. The van der Waals surface area contributed by atoms with Gasteiger partial charge in [-0.2, -0.15) is 0 Å². The Balaban J connectivity index is 2.69. The van der Waals surface area contributed by atoms with E-state index in [1.807, 2.05) is 0 Å². The Hall–Kier alpha value is -1.45. The van der Waals surface area contributed by atoms with Crippen LogP contribution in [0.1, 0.15) is 5.56 Å². The lowest BCUT2D eigenvalue weighted by atomic mass is 10.1. The molecule has 3 N–H and O–H groups in total. The summed E-state index contributed by atoms with van der Waals surface area (Å²) >= 11 is 0. The van der Waals surface area contributed by atoms with Gasteiger partial charge in [0.15, 0.2) is 6.04 Å². The fraction of sp³-hybridized carbons (Fsp3) is 0.222. The van der Waals surface area contributed by atoms with Crippen LogP contribution in [0.3, 0.4) is 0 Å². The highest BCUT2D eigenvalue weighted by molar-refractivity contribution is 7.21. The van der Waals surface area contributed by atoms with Gasteiger partial charge < -0.3 is 10.2 Å². The summed E-state index contributed by atoms with van der Waals surface area (Å²) in [5.41, 5.74) is 0.756. The third-order valence-corrected chi connectivity index (χ3v) is 2.37. The first-order chi connectivity index (χ1) is 7.13. The molecule has 0 fully saturated rings. The number of nitrogens with one attached hydrogen (secondary N) is 1. The number of phenolic OH excluding ortho intramolecular Hbond substituents is 1. The molecule has 80 valence electrons. The molecule has 1 aromatic rings. The number of benzene rings is 1. The van der Waals surface area contributed by atoms with Gasteiger partial charge in [0.2, 0.25) is 0 Å². The number of hydrogen-bond donors (Lipinski definition) is 3. The summed E-state index contributed by atoms with van der Waals surface area (Å²) in [4.78, 5) is 10.7. The van der Waals surface area contributed by atoms with Gasteiger partial charge in [-0.15, -0.1) is 0 Å². The molecule has 1 rings (SSSR count). The summed E-state index contributed by atoms with van der Waals surface area (Å²) in [6.45, 7) is 0. The van der Waals surface area contributed by atoms with E-state index in [1.54, 1.807) is 12.1 Å². The number of hydrogen-bond acceptors (Lipinski definition) is 3. The summed E-state index contributed by atoms with van der Waals surface area (Å²) in [5, 5.41) is 20.2. The van der Waals surface area contributed by atoms with Gasteiger partial charge in [0, 0.05) is 6.42 Å². The minimum atomic E-state index is -1.05. The van der Waals surface area contributed by atoms with Crippen molar-refractivity contribution in [3.63, 3.8) is 0 Å². The van der Waals surface area contributed by atoms with Crippen LogP contribution in [0.4, 0.5) is 0 Å². The van der Waals surface area contributed by atoms with E-state index in [0.717, 1.165) is 5.56 Å². The highest BCUT2D eigenvalue weighted by Crippen LogP contribution is 2.11. The highest BCUT2D eigenvalue weighted by Gasteiger charge is 2.20. The Morgan fingerprint density at radius 3 is 2.47 bits per heavy atom. The number of aromatic hydroxyl groups is 1. The normalized spacial score (nSPS) is 12.5. The van der Waals surface area contributed by atoms with Gasteiger partial charge in [0.25, 0.3) is 0 Å². The van der Waals surface area contributed by atoms with Crippen LogP contribution < -0.4 is 5.09 Å². The maximum atomic E-state index is 10.7. The zero-order valence-electron chi connectivity index (χ0n) is 7.80. The van der Waals surface area contributed by atoms with E-state index in [-0.39, 0.29) is 12.2 Å². The lowest BCUT2D eigenvalue weighted by Gasteiger charge is -2.06. The first-order valence-corrected chi connectivity index (χ1v) is 5.17. The molecule has 0 saturated heterocycles. The van der Waals surface area contributed by atoms with Gasteiger partial charge in [-0.25, -0.2) is 0 Å². The zero-order chi connectivity index (χ0) is 11.3. The summed E-state index contributed by atoms with van der Waals surface area (Å²) in [6, 6.07) is 5.34. The lowest BCUT2D eigenvalue weighted by Crippen LogP contribution is -2.32. The molecular weight excluding hydrogens is 217 g/mol. The van der Waals surface area contributed by atoms with Gasteiger partial charge in [-0.3, -0.25) is 4.79 Å². The van der Waals surface area contributed by atoms with Crippen molar-refractivity contribution in [2.24, 2.45) is 0 Å². The van der Waals surface area contributed by atoms with Crippen molar-refractivity contribution in [2.75, 3.05) is 0 Å². The molecule has 0 bridgehead atoms. The van der Waals surface area contributed by atoms with Crippen LogP contribution >= 0.6 is 8.61 Å². The molecule has 1 unspecified atom stereocenters. The van der Waals surface area contributed by atoms with E-state index in [9.17, 15) is 9.36 Å². The van der Waals surface area contributed by atoms with Crippen molar-refractivity contribution in [1.29, 1.82) is 0 Å². The van der Waals surface area contributed by atoms with E-state index in [4.69, 9.17) is 10.2 Å². The number of carboxylic acids is 1. The maximum Gasteiger partial charge on any atom is 0.419 e. The van der Waals surface area contributed by atoms with Crippen LogP contribution in [0.2, 0.25) is 0 Å². The molecule has 0 aliphatic carbocycles. The van der Waals surface area contributed by atoms with Gasteiger partial charge in [-0.1, -0.05) is 21.8 Å². The summed E-state index contributed by atoms with van der Waals surface area (Å²) in [7, 11) is -0.850. The number of rotatable bonds is 5. The molecule has 2 atom stereocenters. The fourth-order valence-corrected chi connectivity index (χ4v) is 1.51. The smallest absolute Gasteiger partial charge is 0.419 e. The molecule has 5 nitrogen and oxygen atoms in total. The van der Waals surface area contributed by atoms with Gasteiger partial charge in [0.1, 0.15) is 5.75 Å². The first kappa shape index (κ1) is 11.6. The van der Waals surface area contributed by atoms with Crippen LogP contribution in [0.15, 0.2) is 24.3 Å². The maximum absolute atomic E-state index is 10.7. The van der Waals surface area contributed by atoms with Crippen molar-refractivity contribution in [2.45, 2.75) is 12.5 Å². The molecule has 0 aromatic heterocycles. The summed E-state index contributed by atoms with van der Waals surface area (Å²) in [5.74, 6) is -0.921. The Kier molecular flexibility index (Phi) is 4.21. The monoisotopic (exact) mass is 228 g/mol. The standard InChI is InChI=1S/C9H10NO4P/c11-7-3-1-6(2-4-7)5-8(9(12)13)10-15-14/h1-4,8,11H,5H2,(H,10,14)(H,12,13)/p+1/t8-/m0/s1. The molecule has 0 heterocycles. The Bertz CT molecular complexity index is 352. The summed E-state index contributed by atoms with van der Waals surface area (Å²) < 4.78 is 10.3. The van der Waals surface area contributed by atoms with Crippen LogP contribution in [-0.4, -0.2) is 22.2 Å². The van der Waals surface area contributed by atoms with Gasteiger partial charge >= 0.3 is 14.6 Å². The second-order valence-electron chi connectivity index (χ2n) is 3.01. The number of phenols is 1. The molecule has 0 aliphatic rings. The SMILES string of the molecule is O=[PH+]N[C@@H](Cc1ccc(O)cc1)C(=O)O. The van der Waals surface area contributed by atoms with Crippen LogP contribution in [0.25, 0.3) is 0 Å². The second kappa shape index (κ2) is 5.44. The summed E-state index contributed by atoms with van der Waals surface area (Å²) in [6.07, 6.45) is 0.227. The zero-order valence-corrected chi connectivity index (χ0v) is 8.80. The molecule has 15 heavy (non-hydrogen) atoms. The van der Waals surface area contributed by atoms with E-state index < -0.39 is 20.6 Å². The predicted octanol–water partition coefficient (Wildman–Crippen LogP) is 0.916. The third-order valence-electron chi connectivity index (χ3n) is 1.91. The van der Waals surface area contributed by atoms with Crippen molar-refractivity contribution >= 4 is 14.6 Å². The highest BCUT2D eigenvalue weighted by atomic mass is 31.1. The largest absolute Gasteiger partial charge is 0.508 e. The third kappa shape index (κ3) is 3.65. The molecular formula is C9H11NO4P+. The van der Waals surface area contributed by atoms with Crippen molar-refractivity contribution < 1.29 is 19.6 Å². The molecule has 1 aromatic carbocycles. The van der Waals surface area contributed by atoms with Crippen LogP contribution in [0.5, 0.6) is 5.75 Å². The Labute approximate surface area is 88.0 Å². The average molecular weight is 228 g/mol. The van der Waals surface area contributed by atoms with E-state index >= 15 is 0 Å². The van der Waals surface area contributed by atoms with Crippen LogP contribution in [-0.2, 0) is 15.8 Å². The van der Waals surface area contributed by atoms with Gasteiger partial charge in [0.05, 0.1) is 0 Å². The second-order valence-corrected chi connectivity index (χ2v) is 3.50. The predicted molar refractivity (Wildman–Crippen MR) is 55.4 cm³/mol. The number of carboxylic acid groups (broad SMARTS) is 1. The van der Waals surface area contributed by atoms with E-state index in [1.165, 1.54) is 12.1 Å². The first-order valence-electron chi connectivity index (χ1n) is 4.27. The van der Waals surface area contributed by atoms with Crippen LogP contribution in [0, 0.1) is 0 Å². The quantitative estimate of drug-likeness (QED) is 0.652. The van der Waals surface area contributed by atoms with Crippen molar-refractivity contribution in [3.8, 4) is 5.75 Å². The van der Waals surface area contributed by atoms with Gasteiger partial charge in [-0.05, 0) is 17.7 Å². The molecule has 0 aliphatic heterocycles. The van der Waals surface area contributed by atoms with Crippen molar-refractivity contribution in [1.82, 2.24) is 5.09 Å². The number of carbonyl (C=O) groups is 1. The van der Waals surface area contributed by atoms with Crippen molar-refractivity contribution in [3.05, 3.63) is 29.8 Å². The Morgan fingerprint density at radius 1 is 1.40 bits per heavy atom. The molecule has 0 spiro atoms. The molecule has 6 heteroatoms. The minimum Gasteiger partial charge on any atom is -0.508 e. The Morgan fingerprint density at radius 2 is 2.00 bits per heavy atom. The fourth-order valence-electron chi connectivity index (χ4n) is 1.14. The van der Waals surface area contributed by atoms with E-state index in [2.05, 4.69) is 5.09 Å². The average Bonchev–Trinajstić information content (AvgIpc) is 2.20.